The molecule has 10 heteroatoms. The smallest absolute Gasteiger partial charge is 0.532 e. The van der Waals surface area contributed by atoms with E-state index in [0.717, 1.165) is 17.6 Å². The molecule has 0 aliphatic carbocycles. The van der Waals surface area contributed by atoms with E-state index in [1.54, 1.807) is 29.0 Å². The number of carbonyl (C=O) groups excluding carboxylic acids is 1. The number of nitrogens with zero attached hydrogens (tertiary/aromatic N) is 3. The normalized spacial score (nSPS) is 20.6. The Morgan fingerprint density at radius 2 is 2.37 bits per heavy atom. The maximum Gasteiger partial charge on any atom is 0.552 e. The van der Waals surface area contributed by atoms with Gasteiger partial charge in [-0.05, 0) is 42.6 Å². The monoisotopic (exact) mass is 407 g/mol. The minimum Gasteiger partial charge on any atom is -0.532 e. The molecule has 1 aromatic heterocycles. The Labute approximate surface area is 174 Å². The summed E-state index contributed by atoms with van der Waals surface area (Å²) in [6.45, 7) is 2.88. The third-order valence-electron chi connectivity index (χ3n) is 5.39. The van der Waals surface area contributed by atoms with Crippen LogP contribution in [0.3, 0.4) is 0 Å². The number of carbonyl (C=O) groups is 1. The van der Waals surface area contributed by atoms with E-state index in [1.165, 1.54) is 0 Å². The van der Waals surface area contributed by atoms with Crippen molar-refractivity contribution in [2.24, 2.45) is 11.7 Å². The fourth-order valence-electron chi connectivity index (χ4n) is 3.80. The number of nitrogens with two attached hydrogens (primary N) is 1. The number of hydrogen-bond donors (Lipinski definition) is 3. The van der Waals surface area contributed by atoms with Crippen LogP contribution in [0.2, 0.25) is 0 Å². The van der Waals surface area contributed by atoms with Crippen molar-refractivity contribution in [2.75, 3.05) is 18.5 Å². The highest BCUT2D eigenvalue weighted by molar-refractivity contribution is 6.52. The molecule has 0 radical (unpaired) electrons. The molecule has 1 saturated heterocycles. The number of nitriles is 1. The predicted molar refractivity (Wildman–Crippen MR) is 111 cm³/mol. The van der Waals surface area contributed by atoms with Gasteiger partial charge in [0.25, 0.3) is 5.91 Å². The second-order valence-electron chi connectivity index (χ2n) is 7.29. The molecule has 0 spiro atoms. The van der Waals surface area contributed by atoms with Gasteiger partial charge < -0.3 is 25.5 Å². The van der Waals surface area contributed by atoms with Gasteiger partial charge in [0.05, 0.1) is 24.6 Å². The van der Waals surface area contributed by atoms with Gasteiger partial charge in [-0.15, -0.1) is 0 Å². The van der Waals surface area contributed by atoms with Crippen LogP contribution in [0.5, 0.6) is 5.75 Å². The lowest BCUT2D eigenvalue weighted by atomic mass is 9.81. The van der Waals surface area contributed by atoms with Gasteiger partial charge in [0.2, 0.25) is 0 Å². The lowest BCUT2D eigenvalue weighted by molar-refractivity contribution is 0.0342. The van der Waals surface area contributed by atoms with Gasteiger partial charge in [-0.2, -0.15) is 10.4 Å². The van der Waals surface area contributed by atoms with Crippen LogP contribution in [-0.2, 0) is 4.74 Å². The van der Waals surface area contributed by atoms with Crippen molar-refractivity contribution in [3.63, 3.8) is 0 Å². The van der Waals surface area contributed by atoms with Gasteiger partial charge >= 0.3 is 7.12 Å². The maximum atomic E-state index is 12.0. The number of hydrogen-bond acceptors (Lipinski definition) is 7. The molecule has 1 aromatic carbocycles. The van der Waals surface area contributed by atoms with Crippen molar-refractivity contribution < 1.29 is 19.2 Å². The van der Waals surface area contributed by atoms with E-state index in [1.807, 2.05) is 13.0 Å². The van der Waals surface area contributed by atoms with Crippen molar-refractivity contribution in [1.29, 1.82) is 5.26 Å². The van der Waals surface area contributed by atoms with Crippen molar-refractivity contribution in [3.8, 4) is 11.8 Å². The second kappa shape index (κ2) is 8.22. The molecule has 4 N–H and O–H groups in total. The Balaban J connectivity index is 1.66. The molecular weight excluding hydrogens is 385 g/mol. The first-order valence-electron chi connectivity index (χ1n) is 9.83. The van der Waals surface area contributed by atoms with Crippen LogP contribution in [0, 0.1) is 17.2 Å². The molecule has 2 aliphatic rings. The molecule has 30 heavy (non-hydrogen) atoms. The van der Waals surface area contributed by atoms with Crippen LogP contribution in [0.4, 0.5) is 11.5 Å². The summed E-state index contributed by atoms with van der Waals surface area (Å²) in [5.74, 6) is 1.69. The minimum atomic E-state index is -0.964. The summed E-state index contributed by atoms with van der Waals surface area (Å²) in [5.41, 5.74) is 8.31. The Bertz CT molecular complexity index is 1040. The molecular formula is C20H22BN5O4. The molecule has 0 saturated carbocycles. The second-order valence-corrected chi connectivity index (χ2v) is 7.29. The first-order valence-corrected chi connectivity index (χ1v) is 9.83. The topological polar surface area (TPSA) is 135 Å². The Morgan fingerprint density at radius 3 is 3.10 bits per heavy atom. The molecule has 2 aliphatic heterocycles. The molecule has 4 rings (SSSR count). The lowest BCUT2D eigenvalue weighted by Gasteiger charge is -2.27. The summed E-state index contributed by atoms with van der Waals surface area (Å²) in [5, 5.41) is 26.9. The van der Waals surface area contributed by atoms with Gasteiger partial charge in [-0.3, -0.25) is 9.48 Å². The number of rotatable bonds is 5. The predicted octanol–water partition coefficient (Wildman–Crippen LogP) is 2.03. The standard InChI is InChI=1S/C20H22BN5O4/c1-2-12-8-21(28)30-18-4-3-14(7-15(12)18)24-20-16(19(23)27)10-26(25-20)17-11-29-6-5-13(17)9-22/h3-4,7-8,10,13,17,28H,2,5-6,11H2,1H3,(H2,23,27)(H,24,25)/t13-,17+/m1/s1. The van der Waals surface area contributed by atoms with Crippen LogP contribution < -0.4 is 15.7 Å². The zero-order valence-corrected chi connectivity index (χ0v) is 16.5. The van der Waals surface area contributed by atoms with E-state index in [-0.39, 0.29) is 17.5 Å². The van der Waals surface area contributed by atoms with Gasteiger partial charge in [-0.25, -0.2) is 0 Å². The van der Waals surface area contributed by atoms with Gasteiger partial charge in [0.15, 0.2) is 5.82 Å². The van der Waals surface area contributed by atoms with Crippen LogP contribution in [0.1, 0.15) is 41.7 Å². The van der Waals surface area contributed by atoms with Crippen LogP contribution in [0.25, 0.3) is 5.57 Å². The van der Waals surface area contributed by atoms with E-state index in [9.17, 15) is 15.1 Å². The third-order valence-corrected chi connectivity index (χ3v) is 5.39. The Hall–Kier alpha value is -3.29. The zero-order chi connectivity index (χ0) is 21.3. The molecule has 1 amide bonds. The van der Waals surface area contributed by atoms with Crippen molar-refractivity contribution in [3.05, 3.63) is 41.5 Å². The summed E-state index contributed by atoms with van der Waals surface area (Å²) in [7, 11) is -0.964. The van der Waals surface area contributed by atoms with Crippen molar-refractivity contribution >= 4 is 30.1 Å². The van der Waals surface area contributed by atoms with Crippen LogP contribution in [0.15, 0.2) is 30.4 Å². The number of ether oxygens (including phenoxy) is 1. The minimum absolute atomic E-state index is 0.230. The molecule has 2 aromatic rings. The molecule has 154 valence electrons. The first kappa shape index (κ1) is 20.0. The van der Waals surface area contributed by atoms with Crippen LogP contribution in [-0.4, -0.2) is 41.0 Å². The van der Waals surface area contributed by atoms with Gasteiger partial charge in [0, 0.05) is 24.1 Å². The summed E-state index contributed by atoms with van der Waals surface area (Å²) in [6, 6.07) is 7.41. The van der Waals surface area contributed by atoms with E-state index in [2.05, 4.69) is 16.5 Å². The Kier molecular flexibility index (Phi) is 5.48. The average Bonchev–Trinajstić information content (AvgIpc) is 3.17. The lowest BCUT2D eigenvalue weighted by Crippen LogP contribution is -2.29. The fourth-order valence-corrected chi connectivity index (χ4v) is 3.80. The molecule has 1 fully saturated rings. The highest BCUT2D eigenvalue weighted by atomic mass is 16.5. The third kappa shape index (κ3) is 3.77. The Morgan fingerprint density at radius 1 is 1.53 bits per heavy atom. The number of fused-ring (bicyclic) bond motifs is 1. The number of allylic oxidation sites excluding steroid dienone is 1. The highest BCUT2D eigenvalue weighted by Gasteiger charge is 2.30. The number of anilines is 2. The molecule has 0 bridgehead atoms. The number of benzene rings is 1. The summed E-state index contributed by atoms with van der Waals surface area (Å²) < 4.78 is 12.5. The number of amides is 1. The number of aromatic nitrogens is 2. The van der Waals surface area contributed by atoms with Crippen LogP contribution >= 0.6 is 0 Å². The maximum absolute atomic E-state index is 12.0. The van der Waals surface area contributed by atoms with E-state index in [0.29, 0.717) is 36.9 Å². The summed E-state index contributed by atoms with van der Waals surface area (Å²) in [4.78, 5) is 12.0. The highest BCUT2D eigenvalue weighted by Crippen LogP contribution is 2.35. The zero-order valence-electron chi connectivity index (χ0n) is 16.5. The molecule has 3 heterocycles. The van der Waals surface area contributed by atoms with Gasteiger partial charge in [0.1, 0.15) is 11.3 Å². The van der Waals surface area contributed by atoms with E-state index in [4.69, 9.17) is 15.1 Å². The molecule has 2 atom stereocenters. The molecule has 0 unspecified atom stereocenters. The van der Waals surface area contributed by atoms with E-state index < -0.39 is 13.0 Å². The van der Waals surface area contributed by atoms with E-state index >= 15 is 0 Å². The van der Waals surface area contributed by atoms with Crippen molar-refractivity contribution in [1.82, 2.24) is 9.78 Å². The largest absolute Gasteiger partial charge is 0.552 e. The fraction of sp³-hybridized carbons (Fsp3) is 0.350. The number of nitrogens with one attached hydrogen (secondary N) is 1. The molecule has 9 nitrogen and oxygen atoms in total. The summed E-state index contributed by atoms with van der Waals surface area (Å²) in [6.07, 6.45) is 2.90. The van der Waals surface area contributed by atoms with Crippen molar-refractivity contribution in [2.45, 2.75) is 25.8 Å². The average molecular weight is 407 g/mol. The first-order chi connectivity index (χ1) is 14.5. The quantitative estimate of drug-likeness (QED) is 0.646. The summed E-state index contributed by atoms with van der Waals surface area (Å²) >= 11 is 0. The SMILES string of the molecule is CCC1=CB(O)Oc2ccc(Nc3nn([C@H]4COCC[C@@H]4C#N)cc3C(N)=O)cc21. The number of primary amides is 1. The van der Waals surface area contributed by atoms with Gasteiger partial charge in [-0.1, -0.05) is 6.92 Å².